The lowest BCUT2D eigenvalue weighted by molar-refractivity contribution is -0.142. The van der Waals surface area contributed by atoms with Crippen molar-refractivity contribution in [2.75, 3.05) is 6.61 Å². The fourth-order valence-corrected chi connectivity index (χ4v) is 4.63. The summed E-state index contributed by atoms with van der Waals surface area (Å²) in [7, 11) is 0. The molecule has 1 atom stereocenters. The van der Waals surface area contributed by atoms with Crippen molar-refractivity contribution in [3.05, 3.63) is 64.7 Å². The number of nitrogens with zero attached hydrogens (tertiary/aromatic N) is 1. The highest BCUT2D eigenvalue weighted by Gasteiger charge is 2.29. The molecule has 2 amide bonds. The van der Waals surface area contributed by atoms with Gasteiger partial charge in [-0.3, -0.25) is 9.59 Å². The van der Waals surface area contributed by atoms with Gasteiger partial charge >= 0.3 is 0 Å². The molecule has 2 aromatic carbocycles. The number of nitrogens with one attached hydrogen (secondary N) is 1. The van der Waals surface area contributed by atoms with Gasteiger partial charge in [0.05, 0.1) is 0 Å². The van der Waals surface area contributed by atoms with E-state index in [1.807, 2.05) is 42.5 Å². The Morgan fingerprint density at radius 3 is 2.47 bits per heavy atom. The van der Waals surface area contributed by atoms with Crippen LogP contribution in [0.5, 0.6) is 5.75 Å². The molecule has 1 saturated carbocycles. The molecule has 1 fully saturated rings. The first-order valence-electron chi connectivity index (χ1n) is 12.2. The van der Waals surface area contributed by atoms with Crippen molar-refractivity contribution in [3.63, 3.8) is 0 Å². The predicted molar refractivity (Wildman–Crippen MR) is 137 cm³/mol. The van der Waals surface area contributed by atoms with Crippen molar-refractivity contribution in [2.45, 2.75) is 83.8 Å². The normalized spacial score (nSPS) is 15.4. The number of benzene rings is 2. The quantitative estimate of drug-likeness (QED) is 0.508. The maximum atomic E-state index is 13.4. The van der Waals surface area contributed by atoms with E-state index in [-0.39, 0.29) is 36.4 Å². The van der Waals surface area contributed by atoms with Gasteiger partial charge < -0.3 is 15.0 Å². The minimum Gasteiger partial charge on any atom is -0.483 e. The van der Waals surface area contributed by atoms with Crippen LogP contribution in [0.4, 0.5) is 0 Å². The van der Waals surface area contributed by atoms with E-state index in [1.165, 1.54) is 6.42 Å². The number of carbonyl (C=O) groups is 2. The van der Waals surface area contributed by atoms with E-state index in [2.05, 4.69) is 26.1 Å². The lowest BCUT2D eigenvalue weighted by Crippen LogP contribution is -2.51. The molecule has 0 radical (unpaired) electrons. The summed E-state index contributed by atoms with van der Waals surface area (Å²) in [6, 6.07) is 14.7. The second kappa shape index (κ2) is 11.7. The van der Waals surface area contributed by atoms with Gasteiger partial charge in [-0.05, 0) is 54.5 Å². The van der Waals surface area contributed by atoms with E-state index in [9.17, 15) is 9.59 Å². The SMILES string of the molecule is C[C@@H](C(=O)NC1CCCCC1)N(Cc1cccc(Cl)c1)C(=O)COc1ccccc1C(C)(C)C. The zero-order chi connectivity index (χ0) is 24.7. The number of hydrogen-bond acceptors (Lipinski definition) is 3. The molecule has 0 spiro atoms. The second-order valence-corrected chi connectivity index (χ2v) is 10.6. The van der Waals surface area contributed by atoms with Crippen molar-refractivity contribution in [1.29, 1.82) is 0 Å². The van der Waals surface area contributed by atoms with Crippen molar-refractivity contribution in [2.24, 2.45) is 0 Å². The maximum Gasteiger partial charge on any atom is 0.261 e. The summed E-state index contributed by atoms with van der Waals surface area (Å²) in [5.41, 5.74) is 1.79. The average molecular weight is 485 g/mol. The molecule has 1 aliphatic rings. The Morgan fingerprint density at radius 2 is 1.79 bits per heavy atom. The fourth-order valence-electron chi connectivity index (χ4n) is 4.42. The van der Waals surface area contributed by atoms with Gasteiger partial charge in [-0.15, -0.1) is 0 Å². The molecule has 34 heavy (non-hydrogen) atoms. The minimum absolute atomic E-state index is 0.118. The van der Waals surface area contributed by atoms with Crippen LogP contribution in [-0.2, 0) is 21.5 Å². The molecule has 0 bridgehead atoms. The third kappa shape index (κ3) is 7.23. The fraction of sp³-hybridized carbons (Fsp3) is 0.500. The lowest BCUT2D eigenvalue weighted by Gasteiger charge is -2.31. The molecular formula is C28H37ClN2O3. The molecule has 0 heterocycles. The number of amides is 2. The number of halogens is 1. The molecular weight excluding hydrogens is 448 g/mol. The number of rotatable bonds is 8. The van der Waals surface area contributed by atoms with Crippen LogP contribution in [0.1, 0.15) is 70.9 Å². The first kappa shape index (κ1) is 26.1. The van der Waals surface area contributed by atoms with E-state index < -0.39 is 6.04 Å². The Hall–Kier alpha value is -2.53. The van der Waals surface area contributed by atoms with Crippen LogP contribution in [0.3, 0.4) is 0 Å². The van der Waals surface area contributed by atoms with Gasteiger partial charge in [0.25, 0.3) is 5.91 Å². The van der Waals surface area contributed by atoms with Gasteiger partial charge in [-0.25, -0.2) is 0 Å². The maximum absolute atomic E-state index is 13.4. The summed E-state index contributed by atoms with van der Waals surface area (Å²) in [5, 5.41) is 3.75. The van der Waals surface area contributed by atoms with Crippen LogP contribution < -0.4 is 10.1 Å². The average Bonchev–Trinajstić information content (AvgIpc) is 2.81. The minimum atomic E-state index is -0.630. The summed E-state index contributed by atoms with van der Waals surface area (Å²) in [6.45, 7) is 8.25. The molecule has 0 aromatic heterocycles. The van der Waals surface area contributed by atoms with Gasteiger partial charge in [0.15, 0.2) is 6.61 Å². The Kier molecular flexibility index (Phi) is 9.01. The van der Waals surface area contributed by atoms with Crippen molar-refractivity contribution in [1.82, 2.24) is 10.2 Å². The topological polar surface area (TPSA) is 58.6 Å². The molecule has 0 saturated heterocycles. The summed E-state index contributed by atoms with van der Waals surface area (Å²) < 4.78 is 6.00. The smallest absolute Gasteiger partial charge is 0.261 e. The molecule has 1 aliphatic carbocycles. The molecule has 0 unspecified atom stereocenters. The Bertz CT molecular complexity index is 980. The largest absolute Gasteiger partial charge is 0.483 e. The van der Waals surface area contributed by atoms with Crippen LogP contribution in [-0.4, -0.2) is 35.4 Å². The van der Waals surface area contributed by atoms with Gasteiger partial charge in [-0.2, -0.15) is 0 Å². The standard InChI is InChI=1S/C28H37ClN2O3/c1-20(27(33)30-23-13-6-5-7-14-23)31(18-21-11-10-12-22(29)17-21)26(32)19-34-25-16-9-8-15-24(25)28(2,3)4/h8-12,15-17,20,23H,5-7,13-14,18-19H2,1-4H3,(H,30,33)/t20-/m0/s1. The van der Waals surface area contributed by atoms with Crippen molar-refractivity contribution >= 4 is 23.4 Å². The van der Waals surface area contributed by atoms with Crippen LogP contribution in [0.15, 0.2) is 48.5 Å². The summed E-state index contributed by atoms with van der Waals surface area (Å²) >= 11 is 6.17. The highest BCUT2D eigenvalue weighted by atomic mass is 35.5. The number of para-hydroxylation sites is 1. The van der Waals surface area contributed by atoms with Crippen LogP contribution in [0.25, 0.3) is 0 Å². The summed E-state index contributed by atoms with van der Waals surface area (Å²) in [6.07, 6.45) is 5.46. The van der Waals surface area contributed by atoms with Crippen LogP contribution >= 0.6 is 11.6 Å². The Labute approximate surface area is 208 Å². The molecule has 5 nitrogen and oxygen atoms in total. The van der Waals surface area contributed by atoms with Crippen molar-refractivity contribution in [3.8, 4) is 5.75 Å². The summed E-state index contributed by atoms with van der Waals surface area (Å²) in [4.78, 5) is 28.1. The van der Waals surface area contributed by atoms with E-state index in [1.54, 1.807) is 17.9 Å². The lowest BCUT2D eigenvalue weighted by atomic mass is 9.86. The van der Waals surface area contributed by atoms with Gasteiger partial charge in [0, 0.05) is 17.6 Å². The molecule has 1 N–H and O–H groups in total. The van der Waals surface area contributed by atoms with E-state index in [0.717, 1.165) is 36.8 Å². The van der Waals surface area contributed by atoms with E-state index in [4.69, 9.17) is 16.3 Å². The molecule has 6 heteroatoms. The third-order valence-corrected chi connectivity index (χ3v) is 6.64. The third-order valence-electron chi connectivity index (χ3n) is 6.41. The number of carbonyl (C=O) groups excluding carboxylic acids is 2. The molecule has 3 rings (SSSR count). The van der Waals surface area contributed by atoms with E-state index in [0.29, 0.717) is 10.8 Å². The van der Waals surface area contributed by atoms with Gasteiger partial charge in [0.2, 0.25) is 5.91 Å². The van der Waals surface area contributed by atoms with Crippen LogP contribution in [0, 0.1) is 0 Å². The molecule has 0 aliphatic heterocycles. The first-order valence-corrected chi connectivity index (χ1v) is 12.6. The molecule has 2 aromatic rings. The Morgan fingerprint density at radius 1 is 1.09 bits per heavy atom. The second-order valence-electron chi connectivity index (χ2n) is 10.2. The van der Waals surface area contributed by atoms with Gasteiger partial charge in [0.1, 0.15) is 11.8 Å². The number of hydrogen-bond donors (Lipinski definition) is 1. The van der Waals surface area contributed by atoms with E-state index >= 15 is 0 Å². The highest BCUT2D eigenvalue weighted by molar-refractivity contribution is 6.30. The zero-order valence-electron chi connectivity index (χ0n) is 20.8. The molecule has 184 valence electrons. The van der Waals surface area contributed by atoms with Gasteiger partial charge in [-0.1, -0.05) is 82.0 Å². The zero-order valence-corrected chi connectivity index (χ0v) is 21.5. The predicted octanol–water partition coefficient (Wildman–Crippen LogP) is 5.88. The highest BCUT2D eigenvalue weighted by Crippen LogP contribution is 2.31. The van der Waals surface area contributed by atoms with Crippen LogP contribution in [0.2, 0.25) is 5.02 Å². The first-order chi connectivity index (χ1) is 16.1. The monoisotopic (exact) mass is 484 g/mol. The Balaban J connectivity index is 1.76. The number of ether oxygens (including phenoxy) is 1. The van der Waals surface area contributed by atoms with Crippen molar-refractivity contribution < 1.29 is 14.3 Å². The summed E-state index contributed by atoms with van der Waals surface area (Å²) in [5.74, 6) is 0.317.